The van der Waals surface area contributed by atoms with Crippen molar-refractivity contribution in [3.05, 3.63) is 65.2 Å². The molecule has 3 atom stereocenters. The number of carbonyl (C=O) groups excluding carboxylic acids is 1. The van der Waals surface area contributed by atoms with Gasteiger partial charge in [0.1, 0.15) is 5.75 Å². The molecule has 0 radical (unpaired) electrons. The molecular weight excluding hydrogens is 344 g/mol. The number of esters is 1. The first-order valence-electron chi connectivity index (χ1n) is 11.0. The third-order valence-electron chi connectivity index (χ3n) is 6.22. The van der Waals surface area contributed by atoms with Gasteiger partial charge in [0.25, 0.3) is 0 Å². The Hall–Kier alpha value is -2.09. The largest absolute Gasteiger partial charge is 0.423 e. The Kier molecular flexibility index (Phi) is 7.30. The van der Waals surface area contributed by atoms with E-state index in [9.17, 15) is 4.79 Å². The molecule has 0 heterocycles. The summed E-state index contributed by atoms with van der Waals surface area (Å²) in [4.78, 5) is 12.5. The molecule has 2 heteroatoms. The summed E-state index contributed by atoms with van der Waals surface area (Å²) in [6.45, 7) is 6.83. The van der Waals surface area contributed by atoms with Crippen LogP contribution in [0.15, 0.2) is 48.5 Å². The van der Waals surface area contributed by atoms with E-state index in [2.05, 4.69) is 32.9 Å². The number of benzene rings is 2. The number of hydrogen-bond acceptors (Lipinski definition) is 2. The summed E-state index contributed by atoms with van der Waals surface area (Å²) in [6.07, 6.45) is 8.75. The predicted octanol–water partition coefficient (Wildman–Crippen LogP) is 7.18. The molecule has 0 aromatic heterocycles. The van der Waals surface area contributed by atoms with Gasteiger partial charge in [-0.2, -0.15) is 0 Å². The second-order valence-electron chi connectivity index (χ2n) is 8.46. The van der Waals surface area contributed by atoms with E-state index < -0.39 is 0 Å². The van der Waals surface area contributed by atoms with Gasteiger partial charge in [-0.05, 0) is 78.8 Å². The van der Waals surface area contributed by atoms with Crippen molar-refractivity contribution < 1.29 is 9.53 Å². The number of rotatable bonds is 7. The topological polar surface area (TPSA) is 26.3 Å². The van der Waals surface area contributed by atoms with Crippen molar-refractivity contribution in [2.45, 2.75) is 71.6 Å². The minimum atomic E-state index is -0.283. The Morgan fingerprint density at radius 3 is 2.29 bits per heavy atom. The van der Waals surface area contributed by atoms with Crippen LogP contribution in [-0.2, 0) is 6.42 Å². The average molecular weight is 379 g/mol. The third kappa shape index (κ3) is 5.25. The van der Waals surface area contributed by atoms with Gasteiger partial charge in [0.05, 0.1) is 5.56 Å². The smallest absolute Gasteiger partial charge is 0.343 e. The number of ether oxygens (including phenoxy) is 1. The van der Waals surface area contributed by atoms with Crippen LogP contribution in [0.5, 0.6) is 5.75 Å². The molecule has 0 aliphatic heterocycles. The van der Waals surface area contributed by atoms with E-state index in [-0.39, 0.29) is 5.97 Å². The van der Waals surface area contributed by atoms with Gasteiger partial charge in [-0.25, -0.2) is 4.79 Å². The molecule has 3 unspecified atom stereocenters. The molecule has 0 bridgehead atoms. The molecule has 1 saturated carbocycles. The van der Waals surface area contributed by atoms with Crippen molar-refractivity contribution in [2.24, 2.45) is 11.8 Å². The van der Waals surface area contributed by atoms with Gasteiger partial charge >= 0.3 is 5.97 Å². The van der Waals surface area contributed by atoms with Crippen molar-refractivity contribution in [1.82, 2.24) is 0 Å². The molecule has 0 amide bonds. The Morgan fingerprint density at radius 1 is 0.964 bits per heavy atom. The lowest BCUT2D eigenvalue weighted by molar-refractivity contribution is 0.0734. The van der Waals surface area contributed by atoms with Gasteiger partial charge in [0.2, 0.25) is 0 Å². The molecule has 0 saturated heterocycles. The van der Waals surface area contributed by atoms with Crippen LogP contribution in [0.25, 0.3) is 0 Å². The maximum Gasteiger partial charge on any atom is 0.343 e. The highest BCUT2D eigenvalue weighted by Crippen LogP contribution is 2.41. The highest BCUT2D eigenvalue weighted by atomic mass is 16.5. The van der Waals surface area contributed by atoms with Gasteiger partial charge in [-0.1, -0.05) is 64.3 Å². The van der Waals surface area contributed by atoms with E-state index in [0.717, 1.165) is 18.8 Å². The Balaban J connectivity index is 1.60. The van der Waals surface area contributed by atoms with E-state index in [1.165, 1.54) is 43.2 Å². The normalized spacial score (nSPS) is 22.0. The summed E-state index contributed by atoms with van der Waals surface area (Å²) in [5.74, 6) is 2.55. The Bertz CT molecular complexity index is 745. The van der Waals surface area contributed by atoms with Crippen molar-refractivity contribution in [3.8, 4) is 5.75 Å². The lowest BCUT2D eigenvalue weighted by Crippen LogP contribution is -2.21. The standard InChI is InChI=1S/C26H34O2/c1-4-6-20-8-15-24(16-9-20)28-26(27)23-13-11-22(12-14-23)25-17-10-21(7-5-2)18-19(25)3/h8-9,11-16,19,21,25H,4-7,10,17-18H2,1-3H3. The van der Waals surface area contributed by atoms with Gasteiger partial charge in [0, 0.05) is 0 Å². The number of aryl methyl sites for hydroxylation is 1. The minimum absolute atomic E-state index is 0.283. The summed E-state index contributed by atoms with van der Waals surface area (Å²) >= 11 is 0. The van der Waals surface area contributed by atoms with Gasteiger partial charge < -0.3 is 4.74 Å². The van der Waals surface area contributed by atoms with Crippen LogP contribution in [0, 0.1) is 11.8 Å². The molecule has 2 aromatic rings. The molecular formula is C26H34O2. The van der Waals surface area contributed by atoms with Crippen LogP contribution in [0.1, 0.15) is 86.7 Å². The Labute approximate surface area is 170 Å². The maximum absolute atomic E-state index is 12.5. The third-order valence-corrected chi connectivity index (χ3v) is 6.22. The lowest BCUT2D eigenvalue weighted by atomic mass is 9.71. The van der Waals surface area contributed by atoms with Crippen molar-refractivity contribution in [2.75, 3.05) is 0 Å². The summed E-state index contributed by atoms with van der Waals surface area (Å²) in [6, 6.07) is 15.9. The molecule has 1 fully saturated rings. The molecule has 1 aliphatic carbocycles. The molecule has 3 rings (SSSR count). The van der Waals surface area contributed by atoms with E-state index in [0.29, 0.717) is 23.1 Å². The highest BCUT2D eigenvalue weighted by molar-refractivity contribution is 5.91. The van der Waals surface area contributed by atoms with Crippen molar-refractivity contribution in [3.63, 3.8) is 0 Å². The fourth-order valence-corrected chi connectivity index (χ4v) is 4.72. The van der Waals surface area contributed by atoms with Gasteiger partial charge in [0.15, 0.2) is 0 Å². The first-order valence-corrected chi connectivity index (χ1v) is 11.0. The highest BCUT2D eigenvalue weighted by Gasteiger charge is 2.28. The van der Waals surface area contributed by atoms with Crippen LogP contribution in [0.4, 0.5) is 0 Å². The van der Waals surface area contributed by atoms with Crippen molar-refractivity contribution in [1.29, 1.82) is 0 Å². The first kappa shape index (κ1) is 20.6. The van der Waals surface area contributed by atoms with Gasteiger partial charge in [-0.3, -0.25) is 0 Å². The average Bonchev–Trinajstić information content (AvgIpc) is 2.70. The molecule has 0 N–H and O–H groups in total. The lowest BCUT2D eigenvalue weighted by Gasteiger charge is -2.34. The number of carbonyl (C=O) groups is 1. The van der Waals surface area contributed by atoms with Crippen LogP contribution < -0.4 is 4.74 Å². The van der Waals surface area contributed by atoms with E-state index >= 15 is 0 Å². The fraction of sp³-hybridized carbons (Fsp3) is 0.500. The second kappa shape index (κ2) is 9.91. The van der Waals surface area contributed by atoms with E-state index in [1.807, 2.05) is 36.4 Å². The summed E-state index contributed by atoms with van der Waals surface area (Å²) in [5.41, 5.74) is 3.26. The van der Waals surface area contributed by atoms with Crippen LogP contribution in [-0.4, -0.2) is 5.97 Å². The van der Waals surface area contributed by atoms with Gasteiger partial charge in [-0.15, -0.1) is 0 Å². The maximum atomic E-state index is 12.5. The van der Waals surface area contributed by atoms with E-state index in [4.69, 9.17) is 4.74 Å². The molecule has 2 aromatic carbocycles. The summed E-state index contributed by atoms with van der Waals surface area (Å²) < 4.78 is 5.54. The molecule has 150 valence electrons. The SMILES string of the molecule is CCCc1ccc(OC(=O)c2ccc(C3CCC(CCC)CC3C)cc2)cc1. The minimum Gasteiger partial charge on any atom is -0.423 e. The summed E-state index contributed by atoms with van der Waals surface area (Å²) in [7, 11) is 0. The first-order chi connectivity index (χ1) is 13.6. The number of hydrogen-bond donors (Lipinski definition) is 0. The zero-order valence-electron chi connectivity index (χ0n) is 17.6. The summed E-state index contributed by atoms with van der Waals surface area (Å²) in [5, 5.41) is 0. The fourth-order valence-electron chi connectivity index (χ4n) is 4.72. The van der Waals surface area contributed by atoms with Crippen LogP contribution in [0.2, 0.25) is 0 Å². The van der Waals surface area contributed by atoms with E-state index in [1.54, 1.807) is 0 Å². The van der Waals surface area contributed by atoms with Crippen LogP contribution >= 0.6 is 0 Å². The van der Waals surface area contributed by atoms with Crippen molar-refractivity contribution >= 4 is 5.97 Å². The Morgan fingerprint density at radius 2 is 1.68 bits per heavy atom. The monoisotopic (exact) mass is 378 g/mol. The second-order valence-corrected chi connectivity index (χ2v) is 8.46. The van der Waals surface area contributed by atoms with Crippen LogP contribution in [0.3, 0.4) is 0 Å². The zero-order valence-corrected chi connectivity index (χ0v) is 17.6. The molecule has 28 heavy (non-hydrogen) atoms. The molecule has 0 spiro atoms. The quantitative estimate of drug-likeness (QED) is 0.377. The molecule has 1 aliphatic rings. The predicted molar refractivity (Wildman–Crippen MR) is 116 cm³/mol. The molecule has 2 nitrogen and oxygen atoms in total. The zero-order chi connectivity index (χ0) is 19.9.